The quantitative estimate of drug-likeness (QED) is 0.285. The summed E-state index contributed by atoms with van der Waals surface area (Å²) in [5, 5.41) is 12.5. The molecule has 0 spiro atoms. The molecule has 2 aromatic carbocycles. The number of benzene rings is 2. The lowest BCUT2D eigenvalue weighted by atomic mass is 9.89. The Bertz CT molecular complexity index is 1570. The molecule has 1 aliphatic heterocycles. The number of pyridine rings is 1. The van der Waals surface area contributed by atoms with Crippen molar-refractivity contribution in [3.63, 3.8) is 0 Å². The molecule has 0 saturated heterocycles. The van der Waals surface area contributed by atoms with Gasteiger partial charge in [0.15, 0.2) is 6.10 Å². The van der Waals surface area contributed by atoms with E-state index in [4.69, 9.17) is 19.4 Å². The lowest BCUT2D eigenvalue weighted by Crippen LogP contribution is -2.28. The molecule has 0 fully saturated rings. The van der Waals surface area contributed by atoms with Crippen LogP contribution in [0.4, 0.5) is 0 Å². The highest BCUT2D eigenvalue weighted by Gasteiger charge is 2.33. The van der Waals surface area contributed by atoms with Gasteiger partial charge in [0.05, 0.1) is 27.9 Å². The van der Waals surface area contributed by atoms with Gasteiger partial charge in [-0.1, -0.05) is 12.2 Å². The van der Waals surface area contributed by atoms with Crippen LogP contribution in [-0.4, -0.2) is 33.3 Å². The van der Waals surface area contributed by atoms with E-state index in [1.165, 1.54) is 5.56 Å². The number of thiazole rings is 1. The maximum absolute atomic E-state index is 12.7. The third-order valence-corrected chi connectivity index (χ3v) is 8.29. The summed E-state index contributed by atoms with van der Waals surface area (Å²) < 4.78 is 13.2. The number of carboxylic acids is 1. The fourth-order valence-corrected chi connectivity index (χ4v) is 6.75. The van der Waals surface area contributed by atoms with Gasteiger partial charge in [-0.3, -0.25) is 4.98 Å². The van der Waals surface area contributed by atoms with Crippen molar-refractivity contribution in [2.75, 3.05) is 6.61 Å². The van der Waals surface area contributed by atoms with Gasteiger partial charge in [-0.25, -0.2) is 9.78 Å². The Balaban J connectivity index is 1.70. The minimum absolute atomic E-state index is 0.290. The molecule has 0 radical (unpaired) electrons. The number of ether oxygens (including phenoxy) is 2. The van der Waals surface area contributed by atoms with Crippen molar-refractivity contribution in [2.45, 2.75) is 64.6 Å². The number of fused-ring (bicyclic) bond motifs is 1. The Labute approximate surface area is 220 Å². The molecule has 190 valence electrons. The molecular weight excluding hydrogens is 484 g/mol. The number of aromatic nitrogens is 2. The number of allylic oxidation sites excluding steroid dienone is 2. The van der Waals surface area contributed by atoms with E-state index >= 15 is 0 Å². The Morgan fingerprint density at radius 3 is 2.84 bits per heavy atom. The van der Waals surface area contributed by atoms with Crippen molar-refractivity contribution < 1.29 is 19.4 Å². The van der Waals surface area contributed by atoms with E-state index in [1.807, 2.05) is 58.2 Å². The van der Waals surface area contributed by atoms with Gasteiger partial charge >= 0.3 is 5.97 Å². The van der Waals surface area contributed by atoms with Crippen LogP contribution in [0.3, 0.4) is 0 Å². The molecule has 6 nitrogen and oxygen atoms in total. The number of carboxylic acid groups (broad SMARTS) is 1. The number of hydrogen-bond acceptors (Lipinski definition) is 6. The normalized spacial score (nSPS) is 17.9. The molecule has 6 rings (SSSR count). The number of aryl methyl sites for hydroxylation is 1. The monoisotopic (exact) mass is 514 g/mol. The molecule has 2 aromatic heterocycles. The summed E-state index contributed by atoms with van der Waals surface area (Å²) in [7, 11) is 0. The minimum Gasteiger partial charge on any atom is -0.493 e. The van der Waals surface area contributed by atoms with Crippen LogP contribution < -0.4 is 4.74 Å². The fourth-order valence-electron chi connectivity index (χ4n) is 5.52. The lowest BCUT2D eigenvalue weighted by Gasteiger charge is -2.28. The molecular formula is C30H30N2O4S. The van der Waals surface area contributed by atoms with Crippen molar-refractivity contribution >= 4 is 38.4 Å². The van der Waals surface area contributed by atoms with Crippen LogP contribution in [-0.2, 0) is 16.0 Å². The van der Waals surface area contributed by atoms with Crippen LogP contribution in [0.5, 0.6) is 5.75 Å². The third-order valence-electron chi connectivity index (χ3n) is 7.07. The highest BCUT2D eigenvalue weighted by atomic mass is 32.1. The van der Waals surface area contributed by atoms with Crippen LogP contribution in [0.15, 0.2) is 42.6 Å². The van der Waals surface area contributed by atoms with Gasteiger partial charge in [-0.2, -0.15) is 0 Å². The molecule has 7 heteroatoms. The van der Waals surface area contributed by atoms with Gasteiger partial charge in [0.2, 0.25) is 0 Å². The minimum atomic E-state index is -1.14. The molecule has 4 aromatic rings. The van der Waals surface area contributed by atoms with E-state index in [0.717, 1.165) is 67.8 Å². The van der Waals surface area contributed by atoms with Gasteiger partial charge < -0.3 is 14.6 Å². The second-order valence-corrected chi connectivity index (χ2v) is 11.9. The zero-order valence-electron chi connectivity index (χ0n) is 21.5. The number of rotatable bonds is 5. The molecule has 1 aliphatic carbocycles. The summed E-state index contributed by atoms with van der Waals surface area (Å²) >= 11 is 1.65. The predicted octanol–water partition coefficient (Wildman–Crippen LogP) is 7.13. The number of carbonyl (C=O) groups is 1. The SMILES string of the molecule is Cc1cc2nc([C@H]3C=CCC3)sc2c(-c2ccc3c4c(ccnc24)CCO3)c1[C@H](OC(C)(C)C)C(=O)O. The van der Waals surface area contributed by atoms with Gasteiger partial charge in [0, 0.05) is 40.6 Å². The summed E-state index contributed by atoms with van der Waals surface area (Å²) in [6.07, 6.45) is 8.05. The number of aliphatic carboxylic acids is 1. The first kappa shape index (κ1) is 24.1. The average Bonchev–Trinajstić information content (AvgIpc) is 3.52. The fraction of sp³-hybridized carbons (Fsp3) is 0.367. The average molecular weight is 515 g/mol. The summed E-state index contributed by atoms with van der Waals surface area (Å²) in [6, 6.07) is 8.06. The van der Waals surface area contributed by atoms with E-state index in [-0.39, 0.29) is 5.92 Å². The molecule has 2 atom stereocenters. The van der Waals surface area contributed by atoms with Crippen molar-refractivity contribution in [3.8, 4) is 16.9 Å². The number of hydrogen-bond donors (Lipinski definition) is 1. The standard InChI is InChI=1S/C30H30N2O4S/c1-16-15-20-27(37-28(32-20)18-7-5-6-8-18)24(22(16)26(29(33)34)36-30(2,3)4)19-9-10-21-23-17(12-14-35-21)11-13-31-25(19)23/h5,7,9-11,13,15,18,26H,6,8,12,14H2,1-4H3,(H,33,34)/t18-,26-/m0/s1. The smallest absolute Gasteiger partial charge is 0.337 e. The van der Waals surface area contributed by atoms with Crippen LogP contribution in [0, 0.1) is 6.92 Å². The number of nitrogens with zero attached hydrogens (tertiary/aromatic N) is 2. The van der Waals surface area contributed by atoms with Crippen LogP contribution in [0.25, 0.3) is 32.2 Å². The van der Waals surface area contributed by atoms with E-state index in [9.17, 15) is 9.90 Å². The Hall–Kier alpha value is -3.29. The summed E-state index contributed by atoms with van der Waals surface area (Å²) in [5.41, 5.74) is 5.48. The maximum Gasteiger partial charge on any atom is 0.337 e. The zero-order valence-corrected chi connectivity index (χ0v) is 22.3. The lowest BCUT2D eigenvalue weighted by molar-refractivity contribution is -0.160. The second kappa shape index (κ2) is 8.92. The van der Waals surface area contributed by atoms with Crippen molar-refractivity contribution in [1.82, 2.24) is 9.97 Å². The molecule has 0 saturated carbocycles. The Kier molecular flexibility index (Phi) is 5.81. The highest BCUT2D eigenvalue weighted by molar-refractivity contribution is 7.19. The van der Waals surface area contributed by atoms with E-state index < -0.39 is 17.7 Å². The van der Waals surface area contributed by atoms with Crippen LogP contribution in [0.2, 0.25) is 0 Å². The first-order valence-electron chi connectivity index (χ1n) is 12.8. The molecule has 3 heterocycles. The largest absolute Gasteiger partial charge is 0.493 e. The Morgan fingerprint density at radius 1 is 1.27 bits per heavy atom. The topological polar surface area (TPSA) is 81.5 Å². The molecule has 2 aliphatic rings. The third kappa shape index (κ3) is 4.20. The molecule has 37 heavy (non-hydrogen) atoms. The molecule has 0 amide bonds. The Morgan fingerprint density at radius 2 is 2.11 bits per heavy atom. The summed E-state index contributed by atoms with van der Waals surface area (Å²) in [5.74, 6) is 0.0967. The van der Waals surface area contributed by atoms with Crippen molar-refractivity contribution in [3.05, 3.63) is 64.3 Å². The second-order valence-electron chi connectivity index (χ2n) is 10.8. The maximum atomic E-state index is 12.7. The van der Waals surface area contributed by atoms with Gasteiger partial charge in [0.1, 0.15) is 10.8 Å². The van der Waals surface area contributed by atoms with Gasteiger partial charge in [-0.05, 0) is 75.9 Å². The van der Waals surface area contributed by atoms with Gasteiger partial charge in [0.25, 0.3) is 0 Å². The van der Waals surface area contributed by atoms with E-state index in [0.29, 0.717) is 12.2 Å². The highest BCUT2D eigenvalue weighted by Crippen LogP contribution is 2.47. The summed E-state index contributed by atoms with van der Waals surface area (Å²) in [4.78, 5) is 22.6. The van der Waals surface area contributed by atoms with E-state index in [2.05, 4.69) is 12.2 Å². The molecule has 0 bridgehead atoms. The molecule has 1 N–H and O–H groups in total. The van der Waals surface area contributed by atoms with Crippen molar-refractivity contribution in [2.24, 2.45) is 0 Å². The predicted molar refractivity (Wildman–Crippen MR) is 147 cm³/mol. The van der Waals surface area contributed by atoms with Crippen LogP contribution in [0.1, 0.15) is 67.3 Å². The first-order chi connectivity index (χ1) is 17.7. The van der Waals surface area contributed by atoms with Crippen LogP contribution >= 0.6 is 11.3 Å². The first-order valence-corrected chi connectivity index (χ1v) is 13.6. The van der Waals surface area contributed by atoms with Gasteiger partial charge in [-0.15, -0.1) is 11.3 Å². The van der Waals surface area contributed by atoms with Crippen molar-refractivity contribution in [1.29, 1.82) is 0 Å². The van der Waals surface area contributed by atoms with E-state index in [1.54, 1.807) is 11.3 Å². The zero-order chi connectivity index (χ0) is 25.9. The summed E-state index contributed by atoms with van der Waals surface area (Å²) in [6.45, 7) is 8.24. The molecule has 0 unspecified atom stereocenters.